The minimum absolute atomic E-state index is 0.318. The molecule has 2 N–H and O–H groups in total. The number of carbonyl (C=O) groups is 1. The zero-order valence-electron chi connectivity index (χ0n) is 16.8. The van der Waals surface area contributed by atoms with E-state index in [0.717, 1.165) is 0 Å². The number of fused-ring (bicyclic) bond motifs is 1. The summed E-state index contributed by atoms with van der Waals surface area (Å²) in [7, 11) is -1.41. The van der Waals surface area contributed by atoms with Crippen molar-refractivity contribution < 1.29 is 24.3 Å². The fourth-order valence-corrected chi connectivity index (χ4v) is 2.69. The van der Waals surface area contributed by atoms with Gasteiger partial charge in [-0.15, -0.1) is 0 Å². The molecule has 0 aliphatic carbocycles. The van der Waals surface area contributed by atoms with Crippen molar-refractivity contribution in [3.8, 4) is 0 Å². The van der Waals surface area contributed by atoms with Gasteiger partial charge in [-0.1, -0.05) is 17.7 Å². The summed E-state index contributed by atoms with van der Waals surface area (Å²) in [5.74, 6) is 0. The molecule has 0 bridgehead atoms. The number of halogens is 1. The number of nitrogens with zero attached hydrogens (tertiary/aromatic N) is 1. The van der Waals surface area contributed by atoms with Crippen LogP contribution in [0.5, 0.6) is 0 Å². The van der Waals surface area contributed by atoms with Crippen LogP contribution in [0.15, 0.2) is 24.4 Å². The van der Waals surface area contributed by atoms with Crippen molar-refractivity contribution in [1.82, 2.24) is 4.57 Å². The molecule has 0 spiro atoms. The predicted molar refractivity (Wildman–Crippen MR) is 108 cm³/mol. The van der Waals surface area contributed by atoms with Crippen molar-refractivity contribution in [2.45, 2.75) is 65.3 Å². The van der Waals surface area contributed by atoms with E-state index in [1.54, 1.807) is 66.7 Å². The number of aromatic nitrogens is 1. The summed E-state index contributed by atoms with van der Waals surface area (Å²) in [6, 6.07) is 5.09. The Balaban J connectivity index is 2.53. The molecule has 1 aromatic heterocycles. The van der Waals surface area contributed by atoms with Crippen LogP contribution in [0.2, 0.25) is 5.02 Å². The molecular formula is C19H27BClNO5. The molecule has 0 atom stereocenters. The van der Waals surface area contributed by atoms with Crippen LogP contribution in [0.3, 0.4) is 0 Å². The smallest absolute Gasteiger partial charge is 0.443 e. The highest BCUT2D eigenvalue weighted by Crippen LogP contribution is 2.28. The van der Waals surface area contributed by atoms with Crippen molar-refractivity contribution >= 4 is 41.2 Å². The van der Waals surface area contributed by atoms with Crippen LogP contribution in [0.1, 0.15) is 48.5 Å². The Morgan fingerprint density at radius 3 is 2.26 bits per heavy atom. The summed E-state index contributed by atoms with van der Waals surface area (Å²) >= 11 is 6.34. The first kappa shape index (κ1) is 21.8. The van der Waals surface area contributed by atoms with Gasteiger partial charge in [0.15, 0.2) is 0 Å². The Labute approximate surface area is 165 Å². The second-order valence-electron chi connectivity index (χ2n) is 8.61. The van der Waals surface area contributed by atoms with Gasteiger partial charge in [0.1, 0.15) is 5.60 Å². The quantitative estimate of drug-likeness (QED) is 0.776. The monoisotopic (exact) mass is 395 g/mol. The average Bonchev–Trinajstić information content (AvgIpc) is 2.85. The summed E-state index contributed by atoms with van der Waals surface area (Å²) in [4.78, 5) is 12.6. The average molecular weight is 396 g/mol. The van der Waals surface area contributed by atoms with Crippen molar-refractivity contribution in [2.24, 2.45) is 0 Å². The number of carbonyl (C=O) groups excluding carboxylic acids is 1. The normalized spacial score (nSPS) is 13.1. The molecule has 2 rings (SSSR count). The summed E-state index contributed by atoms with van der Waals surface area (Å²) in [6.45, 7) is 11.8. The van der Waals surface area contributed by atoms with Gasteiger partial charge in [-0.3, -0.25) is 4.57 Å². The van der Waals surface area contributed by atoms with Crippen LogP contribution in [0.25, 0.3) is 10.9 Å². The summed E-state index contributed by atoms with van der Waals surface area (Å²) in [6.07, 6.45) is 0.866. The van der Waals surface area contributed by atoms with E-state index in [9.17, 15) is 14.9 Å². The molecule has 0 aliphatic heterocycles. The fourth-order valence-electron chi connectivity index (χ4n) is 2.41. The van der Waals surface area contributed by atoms with Crippen LogP contribution in [-0.2, 0) is 9.39 Å². The molecule has 1 heterocycles. The zero-order chi connectivity index (χ0) is 20.8. The molecule has 6 nitrogen and oxygen atoms in total. The lowest BCUT2D eigenvalue weighted by Gasteiger charge is -2.38. The summed E-state index contributed by atoms with van der Waals surface area (Å²) in [5.41, 5.74) is -2.13. The van der Waals surface area contributed by atoms with Gasteiger partial charge in [0.2, 0.25) is 0 Å². The molecule has 0 amide bonds. The minimum atomic E-state index is -1.41. The van der Waals surface area contributed by atoms with E-state index in [1.807, 2.05) is 0 Å². The van der Waals surface area contributed by atoms with Gasteiger partial charge in [0, 0.05) is 22.1 Å². The molecule has 27 heavy (non-hydrogen) atoms. The largest absolute Gasteiger partial charge is 0.493 e. The molecule has 1 aromatic carbocycles. The fraction of sp³-hybridized carbons (Fsp3) is 0.526. The molecule has 0 saturated heterocycles. The second-order valence-corrected chi connectivity index (χ2v) is 9.02. The highest BCUT2D eigenvalue weighted by Gasteiger charge is 2.40. The van der Waals surface area contributed by atoms with E-state index in [4.69, 9.17) is 21.0 Å². The first-order chi connectivity index (χ1) is 12.1. The number of rotatable bonds is 4. The Kier molecular flexibility index (Phi) is 5.75. The maximum absolute atomic E-state index is 12.6. The minimum Gasteiger partial charge on any atom is -0.443 e. The van der Waals surface area contributed by atoms with Crippen LogP contribution in [0, 0.1) is 0 Å². The molecule has 0 radical (unpaired) electrons. The highest BCUT2D eigenvalue weighted by atomic mass is 35.5. The predicted octanol–water partition coefficient (Wildman–Crippen LogP) is 3.33. The van der Waals surface area contributed by atoms with Crippen LogP contribution in [0.4, 0.5) is 4.79 Å². The number of hydrogen-bond acceptors (Lipinski definition) is 5. The Hall–Kier alpha value is -1.54. The van der Waals surface area contributed by atoms with Crippen molar-refractivity contribution in [3.63, 3.8) is 0 Å². The molecule has 2 aromatic rings. The first-order valence-electron chi connectivity index (χ1n) is 8.75. The van der Waals surface area contributed by atoms with E-state index < -0.39 is 30.0 Å². The Morgan fingerprint density at radius 1 is 1.15 bits per heavy atom. The third kappa shape index (κ3) is 4.66. The summed E-state index contributed by atoms with van der Waals surface area (Å²) in [5, 5.41) is 21.9. The van der Waals surface area contributed by atoms with Gasteiger partial charge in [0.25, 0.3) is 0 Å². The van der Waals surface area contributed by atoms with Crippen molar-refractivity contribution in [1.29, 1.82) is 0 Å². The molecule has 0 aliphatic rings. The van der Waals surface area contributed by atoms with E-state index in [1.165, 1.54) is 10.8 Å². The Morgan fingerprint density at radius 2 is 1.74 bits per heavy atom. The third-order valence-electron chi connectivity index (χ3n) is 4.54. The number of aliphatic hydroxyl groups is 1. The van der Waals surface area contributed by atoms with Gasteiger partial charge in [0.05, 0.1) is 16.7 Å². The number of ether oxygens (including phenoxy) is 1. The van der Waals surface area contributed by atoms with Crippen molar-refractivity contribution in [2.75, 3.05) is 0 Å². The van der Waals surface area contributed by atoms with Crippen LogP contribution < -0.4 is 5.46 Å². The van der Waals surface area contributed by atoms with Gasteiger partial charge in [-0.2, -0.15) is 0 Å². The second kappa shape index (κ2) is 7.13. The lowest BCUT2D eigenvalue weighted by Crippen LogP contribution is -2.53. The van der Waals surface area contributed by atoms with Gasteiger partial charge < -0.3 is 19.5 Å². The van der Waals surface area contributed by atoms with E-state index >= 15 is 0 Å². The van der Waals surface area contributed by atoms with Crippen molar-refractivity contribution in [3.05, 3.63) is 29.4 Å². The summed E-state index contributed by atoms with van der Waals surface area (Å²) < 4.78 is 12.5. The molecule has 148 valence electrons. The molecular weight excluding hydrogens is 368 g/mol. The molecule has 8 heteroatoms. The van der Waals surface area contributed by atoms with Crippen LogP contribution in [-0.4, -0.2) is 44.7 Å². The molecule has 0 saturated carbocycles. The maximum atomic E-state index is 12.6. The third-order valence-corrected chi connectivity index (χ3v) is 4.86. The van der Waals surface area contributed by atoms with Gasteiger partial charge in [-0.25, -0.2) is 4.79 Å². The van der Waals surface area contributed by atoms with E-state index in [0.29, 0.717) is 21.4 Å². The van der Waals surface area contributed by atoms with Gasteiger partial charge in [-0.05, 0) is 60.6 Å². The van der Waals surface area contributed by atoms with E-state index in [-0.39, 0.29) is 0 Å². The lowest BCUT2D eigenvalue weighted by molar-refractivity contribution is -0.0982. The SMILES string of the molecule is CC(C)(C)OC(=O)n1cc(B(O)OC(C)(C)C(C)(C)O)c2c(Cl)cccc21. The zero-order valence-corrected chi connectivity index (χ0v) is 17.6. The lowest BCUT2D eigenvalue weighted by atomic mass is 9.76. The highest BCUT2D eigenvalue weighted by molar-refractivity contribution is 6.64. The van der Waals surface area contributed by atoms with Gasteiger partial charge >= 0.3 is 13.2 Å². The Bertz CT molecular complexity index is 848. The van der Waals surface area contributed by atoms with E-state index in [2.05, 4.69) is 0 Å². The standard InChI is InChI=1S/C19H27BClNO5/c1-17(2,3)26-16(23)22-11-12(15-13(21)9-8-10-14(15)22)20(25)27-19(6,7)18(4,5)24/h8-11,24-25H,1-7H3. The topological polar surface area (TPSA) is 80.9 Å². The molecule has 0 fully saturated rings. The number of benzene rings is 1. The first-order valence-corrected chi connectivity index (χ1v) is 9.13. The van der Waals surface area contributed by atoms with Crippen LogP contribution >= 0.6 is 11.6 Å². The molecule has 0 unspecified atom stereocenters. The number of hydrogen-bond donors (Lipinski definition) is 2. The maximum Gasteiger partial charge on any atom is 0.493 e.